The number of methoxy groups -OCH3 is 1. The van der Waals surface area contributed by atoms with E-state index in [-0.39, 0.29) is 24.3 Å². The van der Waals surface area contributed by atoms with Gasteiger partial charge < -0.3 is 15.6 Å². The van der Waals surface area contributed by atoms with Gasteiger partial charge >= 0.3 is 5.97 Å². The Morgan fingerprint density at radius 3 is 2.81 bits per heavy atom. The summed E-state index contributed by atoms with van der Waals surface area (Å²) in [5.74, 6) is -0.496. The maximum Gasteiger partial charge on any atom is 0.309 e. The van der Waals surface area contributed by atoms with Crippen molar-refractivity contribution < 1.29 is 14.6 Å². The standard InChI is InChI=1S/C11H12N2O3/c1-16-11(15)4-7-2-8(5-12)9(6-13)10(14)3-7/h2-3,14H,4,6,13H2,1H3. The van der Waals surface area contributed by atoms with Crippen molar-refractivity contribution in [2.75, 3.05) is 7.11 Å². The predicted octanol–water partition coefficient (Wildman–Crippen LogP) is 0.438. The smallest absolute Gasteiger partial charge is 0.309 e. The molecule has 5 heteroatoms. The first-order valence-electron chi connectivity index (χ1n) is 4.64. The van der Waals surface area contributed by atoms with Gasteiger partial charge in [-0.15, -0.1) is 0 Å². The summed E-state index contributed by atoms with van der Waals surface area (Å²) in [6, 6.07) is 4.87. The van der Waals surface area contributed by atoms with Gasteiger partial charge in [-0.1, -0.05) is 0 Å². The van der Waals surface area contributed by atoms with E-state index >= 15 is 0 Å². The van der Waals surface area contributed by atoms with Crippen LogP contribution in [0.4, 0.5) is 0 Å². The summed E-state index contributed by atoms with van der Waals surface area (Å²) in [6.45, 7) is 0.0766. The van der Waals surface area contributed by atoms with Gasteiger partial charge in [-0.2, -0.15) is 5.26 Å². The number of phenols is 1. The topological polar surface area (TPSA) is 96.3 Å². The molecule has 1 aromatic carbocycles. The third-order valence-corrected chi connectivity index (χ3v) is 2.19. The molecule has 0 saturated carbocycles. The van der Waals surface area contributed by atoms with Crippen molar-refractivity contribution in [3.8, 4) is 11.8 Å². The van der Waals surface area contributed by atoms with Crippen molar-refractivity contribution in [2.45, 2.75) is 13.0 Å². The van der Waals surface area contributed by atoms with E-state index in [1.807, 2.05) is 6.07 Å². The molecule has 0 fully saturated rings. The molecule has 1 aromatic rings. The molecule has 16 heavy (non-hydrogen) atoms. The van der Waals surface area contributed by atoms with Crippen LogP contribution in [0, 0.1) is 11.3 Å². The molecule has 0 aliphatic rings. The number of carbonyl (C=O) groups is 1. The molecule has 0 saturated heterocycles. The van der Waals surface area contributed by atoms with Crippen molar-refractivity contribution >= 4 is 5.97 Å². The molecule has 3 N–H and O–H groups in total. The van der Waals surface area contributed by atoms with E-state index in [2.05, 4.69) is 4.74 Å². The highest BCUT2D eigenvalue weighted by Gasteiger charge is 2.11. The average Bonchev–Trinajstić information content (AvgIpc) is 2.28. The first-order valence-corrected chi connectivity index (χ1v) is 4.64. The summed E-state index contributed by atoms with van der Waals surface area (Å²) < 4.78 is 4.50. The zero-order valence-corrected chi connectivity index (χ0v) is 8.86. The number of aromatic hydroxyl groups is 1. The van der Waals surface area contributed by atoms with E-state index < -0.39 is 5.97 Å². The fourth-order valence-electron chi connectivity index (χ4n) is 1.37. The highest BCUT2D eigenvalue weighted by molar-refractivity contribution is 5.73. The van der Waals surface area contributed by atoms with E-state index in [0.717, 1.165) is 0 Å². The van der Waals surface area contributed by atoms with Crippen LogP contribution in [-0.4, -0.2) is 18.2 Å². The van der Waals surface area contributed by atoms with E-state index in [9.17, 15) is 9.90 Å². The number of esters is 1. The number of nitrogens with two attached hydrogens (primary N) is 1. The van der Waals surface area contributed by atoms with Gasteiger partial charge in [-0.25, -0.2) is 0 Å². The summed E-state index contributed by atoms with van der Waals surface area (Å²) in [5.41, 5.74) is 6.59. The number of hydrogen-bond donors (Lipinski definition) is 2. The van der Waals surface area contributed by atoms with Crippen LogP contribution in [0.2, 0.25) is 0 Å². The van der Waals surface area contributed by atoms with Gasteiger partial charge in [0.1, 0.15) is 5.75 Å². The van der Waals surface area contributed by atoms with Gasteiger partial charge in [0.15, 0.2) is 0 Å². The fraction of sp³-hybridized carbons (Fsp3) is 0.273. The van der Waals surface area contributed by atoms with Crippen molar-refractivity contribution in [3.63, 3.8) is 0 Å². The second-order valence-electron chi connectivity index (χ2n) is 3.21. The molecule has 0 aliphatic heterocycles. The molecule has 0 amide bonds. The molecule has 0 heterocycles. The number of benzene rings is 1. The lowest BCUT2D eigenvalue weighted by Crippen LogP contribution is -2.06. The molecule has 84 valence electrons. The molecule has 0 spiro atoms. The quantitative estimate of drug-likeness (QED) is 0.720. The van der Waals surface area contributed by atoms with Crippen molar-refractivity contribution in [1.29, 1.82) is 5.26 Å². The van der Waals surface area contributed by atoms with Crippen LogP contribution in [0.1, 0.15) is 16.7 Å². The summed E-state index contributed by atoms with van der Waals surface area (Å²) in [7, 11) is 1.28. The van der Waals surface area contributed by atoms with E-state index in [4.69, 9.17) is 11.0 Å². The number of nitrogens with zero attached hydrogens (tertiary/aromatic N) is 1. The van der Waals surface area contributed by atoms with Gasteiger partial charge in [-0.05, 0) is 17.7 Å². The normalized spacial score (nSPS) is 9.56. The molecule has 5 nitrogen and oxygen atoms in total. The Bertz CT molecular complexity index is 449. The highest BCUT2D eigenvalue weighted by Crippen LogP contribution is 2.23. The van der Waals surface area contributed by atoms with Crippen LogP contribution in [0.3, 0.4) is 0 Å². The monoisotopic (exact) mass is 220 g/mol. The van der Waals surface area contributed by atoms with Crippen LogP contribution in [0.15, 0.2) is 12.1 Å². The SMILES string of the molecule is COC(=O)Cc1cc(O)c(CN)c(C#N)c1. The Balaban J connectivity index is 3.12. The molecular formula is C11H12N2O3. The first kappa shape index (κ1) is 12.0. The van der Waals surface area contributed by atoms with Crippen molar-refractivity contribution in [2.24, 2.45) is 5.73 Å². The summed E-state index contributed by atoms with van der Waals surface area (Å²) in [5, 5.41) is 18.5. The molecule has 0 aliphatic carbocycles. The van der Waals surface area contributed by atoms with Crippen molar-refractivity contribution in [1.82, 2.24) is 0 Å². The van der Waals surface area contributed by atoms with E-state index in [1.54, 1.807) is 0 Å². The molecule has 0 radical (unpaired) electrons. The second-order valence-corrected chi connectivity index (χ2v) is 3.21. The van der Waals surface area contributed by atoms with Crippen LogP contribution < -0.4 is 5.73 Å². The molecule has 0 aromatic heterocycles. The molecule has 1 rings (SSSR count). The van der Waals surface area contributed by atoms with E-state index in [0.29, 0.717) is 11.1 Å². The molecular weight excluding hydrogens is 208 g/mol. The number of ether oxygens (including phenoxy) is 1. The highest BCUT2D eigenvalue weighted by atomic mass is 16.5. The number of rotatable bonds is 3. The number of hydrogen-bond acceptors (Lipinski definition) is 5. The van der Waals surface area contributed by atoms with Gasteiger partial charge in [-0.3, -0.25) is 4.79 Å². The van der Waals surface area contributed by atoms with Gasteiger partial charge in [0.2, 0.25) is 0 Å². The Morgan fingerprint density at radius 2 is 2.31 bits per heavy atom. The minimum absolute atomic E-state index is 0.0175. The summed E-state index contributed by atoms with van der Waals surface area (Å²) >= 11 is 0. The number of carbonyl (C=O) groups excluding carboxylic acids is 1. The minimum atomic E-state index is -0.427. The predicted molar refractivity (Wildman–Crippen MR) is 56.4 cm³/mol. The van der Waals surface area contributed by atoms with E-state index in [1.165, 1.54) is 19.2 Å². The zero-order chi connectivity index (χ0) is 12.1. The van der Waals surface area contributed by atoms with Crippen LogP contribution in [-0.2, 0) is 22.5 Å². The van der Waals surface area contributed by atoms with Crippen LogP contribution in [0.25, 0.3) is 0 Å². The zero-order valence-electron chi connectivity index (χ0n) is 8.86. The maximum absolute atomic E-state index is 11.0. The molecule has 0 atom stereocenters. The van der Waals surface area contributed by atoms with Gasteiger partial charge in [0.05, 0.1) is 25.2 Å². The lowest BCUT2D eigenvalue weighted by atomic mass is 10.0. The molecule has 0 bridgehead atoms. The Kier molecular flexibility index (Phi) is 3.86. The lowest BCUT2D eigenvalue weighted by molar-refractivity contribution is -0.139. The van der Waals surface area contributed by atoms with Crippen LogP contribution in [0.5, 0.6) is 5.75 Å². The minimum Gasteiger partial charge on any atom is -0.508 e. The molecule has 0 unspecified atom stereocenters. The Hall–Kier alpha value is -2.06. The third kappa shape index (κ3) is 2.49. The number of nitriles is 1. The lowest BCUT2D eigenvalue weighted by Gasteiger charge is -2.07. The average molecular weight is 220 g/mol. The summed E-state index contributed by atoms with van der Waals surface area (Å²) in [6.07, 6.45) is 0.0175. The van der Waals surface area contributed by atoms with Crippen LogP contribution >= 0.6 is 0 Å². The maximum atomic E-state index is 11.0. The summed E-state index contributed by atoms with van der Waals surface area (Å²) in [4.78, 5) is 11.0. The van der Waals surface area contributed by atoms with Gasteiger partial charge in [0.25, 0.3) is 0 Å². The van der Waals surface area contributed by atoms with Gasteiger partial charge in [0, 0.05) is 12.1 Å². The first-order chi connectivity index (χ1) is 7.62. The fourth-order valence-corrected chi connectivity index (χ4v) is 1.37. The number of phenolic OH excluding ortho intramolecular Hbond substituents is 1. The Labute approximate surface area is 93.1 Å². The van der Waals surface area contributed by atoms with Crippen molar-refractivity contribution in [3.05, 3.63) is 28.8 Å². The second kappa shape index (κ2) is 5.14. The largest absolute Gasteiger partial charge is 0.508 e. The third-order valence-electron chi connectivity index (χ3n) is 2.19. The Morgan fingerprint density at radius 1 is 1.62 bits per heavy atom.